The van der Waals surface area contributed by atoms with Crippen LogP contribution in [0.2, 0.25) is 0 Å². The number of benzene rings is 1. The smallest absolute Gasteiger partial charge is 0.293 e. The van der Waals surface area contributed by atoms with Crippen molar-refractivity contribution in [3.63, 3.8) is 0 Å². The van der Waals surface area contributed by atoms with Gasteiger partial charge in [-0.3, -0.25) is 4.79 Å². The number of aromatic hydroxyl groups is 1. The highest BCUT2D eigenvalue weighted by molar-refractivity contribution is 5.85. The van der Waals surface area contributed by atoms with Gasteiger partial charge in [-0.05, 0) is 55.8 Å². The van der Waals surface area contributed by atoms with Crippen molar-refractivity contribution in [3.05, 3.63) is 57.8 Å². The van der Waals surface area contributed by atoms with E-state index in [1.54, 1.807) is 6.07 Å². The van der Waals surface area contributed by atoms with Crippen molar-refractivity contribution in [3.8, 4) is 17.4 Å². The fourth-order valence-corrected chi connectivity index (χ4v) is 5.45. The number of likely N-dealkylation sites (tertiary alicyclic amines) is 1. The third-order valence-corrected chi connectivity index (χ3v) is 7.15. The average molecular weight is 467 g/mol. The number of aromatic nitrogens is 2. The first-order chi connectivity index (χ1) is 16.6. The fraction of sp³-hybridized carbons (Fsp3) is 0.440. The molecule has 178 valence electrons. The van der Waals surface area contributed by atoms with Gasteiger partial charge in [-0.25, -0.2) is 9.37 Å². The highest BCUT2D eigenvalue weighted by atomic mass is 19.1. The average Bonchev–Trinajstić information content (AvgIpc) is 3.24. The van der Waals surface area contributed by atoms with Gasteiger partial charge < -0.3 is 29.4 Å². The number of hydrogen-bond acceptors (Lipinski definition) is 7. The molecule has 8 nitrogen and oxygen atoms in total. The molecule has 1 aromatic carbocycles. The Morgan fingerprint density at radius 1 is 1.18 bits per heavy atom. The third-order valence-electron chi connectivity index (χ3n) is 7.15. The summed E-state index contributed by atoms with van der Waals surface area (Å²) in [4.78, 5) is 19.1. The molecule has 1 saturated heterocycles. The number of nitrogens with one attached hydrogen (secondary N) is 1. The molecular formula is C25H27FN4O4. The van der Waals surface area contributed by atoms with Crippen LogP contribution in [-0.2, 0) is 13.1 Å². The maximum absolute atomic E-state index is 14.8. The predicted octanol–water partition coefficient (Wildman–Crippen LogP) is 2.36. The molecule has 9 heteroatoms. The summed E-state index contributed by atoms with van der Waals surface area (Å²) in [5.41, 5.74) is 1.84. The van der Waals surface area contributed by atoms with Crippen LogP contribution < -0.4 is 20.3 Å². The Bertz CT molecular complexity index is 1300. The Kier molecular flexibility index (Phi) is 5.38. The normalized spacial score (nSPS) is 20.2. The number of halogens is 1. The fourth-order valence-electron chi connectivity index (χ4n) is 5.45. The molecule has 0 spiro atoms. The summed E-state index contributed by atoms with van der Waals surface area (Å²) in [6.07, 6.45) is 3.80. The van der Waals surface area contributed by atoms with Crippen LogP contribution in [0, 0.1) is 5.82 Å². The van der Waals surface area contributed by atoms with Crippen molar-refractivity contribution in [1.82, 2.24) is 19.8 Å². The molecule has 34 heavy (non-hydrogen) atoms. The number of hydrogen-bond donors (Lipinski definition) is 2. The topological polar surface area (TPSA) is 88.9 Å². The standard InChI is InChI=1S/C25H27FN4O4/c26-19-2-1-16-10-20(31)25(32)30-14-17(22(19)23(16)30)13-29-5-3-18(4-6-29)27-11-15-9-21-24(28-12-15)34-8-7-33-21/h1-2,9-10,12,17-18,27,31H,3-8,11,13-14H2. The Morgan fingerprint density at radius 2 is 2.00 bits per heavy atom. The van der Waals surface area contributed by atoms with Gasteiger partial charge in [0.2, 0.25) is 0 Å². The Morgan fingerprint density at radius 3 is 2.85 bits per heavy atom. The first-order valence-corrected chi connectivity index (χ1v) is 11.8. The highest BCUT2D eigenvalue weighted by Crippen LogP contribution is 2.36. The van der Waals surface area contributed by atoms with Crippen molar-refractivity contribution in [1.29, 1.82) is 0 Å². The number of piperidine rings is 1. The molecule has 0 saturated carbocycles. The molecule has 6 rings (SSSR count). The molecule has 0 aliphatic carbocycles. The van der Waals surface area contributed by atoms with Gasteiger partial charge in [-0.1, -0.05) is 0 Å². The van der Waals surface area contributed by atoms with E-state index >= 15 is 0 Å². The molecular weight excluding hydrogens is 439 g/mol. The van der Waals surface area contributed by atoms with Gasteiger partial charge in [0, 0.05) is 48.7 Å². The van der Waals surface area contributed by atoms with Crippen LogP contribution >= 0.6 is 0 Å². The molecule has 2 N–H and O–H groups in total. The van der Waals surface area contributed by atoms with Crippen LogP contribution in [0.25, 0.3) is 10.9 Å². The zero-order valence-electron chi connectivity index (χ0n) is 18.8. The predicted molar refractivity (Wildman–Crippen MR) is 124 cm³/mol. The quantitative estimate of drug-likeness (QED) is 0.597. The molecule has 1 fully saturated rings. The molecule has 0 radical (unpaired) electrons. The lowest BCUT2D eigenvalue weighted by atomic mass is 9.96. The van der Waals surface area contributed by atoms with Gasteiger partial charge in [0.25, 0.3) is 11.4 Å². The minimum Gasteiger partial charge on any atom is -0.503 e. The lowest BCUT2D eigenvalue weighted by molar-refractivity contribution is 0.164. The maximum Gasteiger partial charge on any atom is 0.293 e. The number of fused-ring (bicyclic) bond motifs is 1. The summed E-state index contributed by atoms with van der Waals surface area (Å²) in [6, 6.07) is 6.88. The van der Waals surface area contributed by atoms with Gasteiger partial charge in [0.05, 0.1) is 5.52 Å². The SMILES string of the molecule is O=c1c(O)cc2ccc(F)c3c2n1CC3CN1CCC(NCc2cnc3c(c2)OCCO3)CC1. The van der Waals surface area contributed by atoms with E-state index in [0.717, 1.165) is 31.5 Å². The highest BCUT2D eigenvalue weighted by Gasteiger charge is 2.32. The minimum absolute atomic E-state index is 0.105. The largest absolute Gasteiger partial charge is 0.503 e. The van der Waals surface area contributed by atoms with Crippen molar-refractivity contribution in [2.45, 2.75) is 37.9 Å². The summed E-state index contributed by atoms with van der Waals surface area (Å²) < 4.78 is 27.4. The van der Waals surface area contributed by atoms with E-state index in [2.05, 4.69) is 15.2 Å². The van der Waals surface area contributed by atoms with Crippen molar-refractivity contribution < 1.29 is 19.0 Å². The Hall–Kier alpha value is -3.17. The number of nitrogens with zero attached hydrogens (tertiary/aromatic N) is 3. The van der Waals surface area contributed by atoms with Crippen LogP contribution in [0.5, 0.6) is 17.4 Å². The number of pyridine rings is 2. The number of ether oxygens (including phenoxy) is 2. The van der Waals surface area contributed by atoms with Crippen molar-refractivity contribution >= 4 is 10.9 Å². The lowest BCUT2D eigenvalue weighted by Crippen LogP contribution is -2.43. The second kappa shape index (κ2) is 8.56. The molecule has 1 unspecified atom stereocenters. The number of rotatable bonds is 5. The zero-order valence-corrected chi connectivity index (χ0v) is 18.8. The molecule has 3 aromatic rings. The van der Waals surface area contributed by atoms with Gasteiger partial charge in [-0.15, -0.1) is 0 Å². The summed E-state index contributed by atoms with van der Waals surface area (Å²) in [6.45, 7) is 4.69. The molecule has 2 aromatic heterocycles. The first-order valence-electron chi connectivity index (χ1n) is 11.8. The van der Waals surface area contributed by atoms with Gasteiger partial charge in [0.15, 0.2) is 11.5 Å². The second-order valence-corrected chi connectivity index (χ2v) is 9.34. The van der Waals surface area contributed by atoms with Crippen LogP contribution in [0.15, 0.2) is 35.3 Å². The van der Waals surface area contributed by atoms with Gasteiger partial charge in [-0.2, -0.15) is 0 Å². The van der Waals surface area contributed by atoms with E-state index in [1.807, 2.05) is 12.3 Å². The second-order valence-electron chi connectivity index (χ2n) is 9.34. The van der Waals surface area contributed by atoms with Gasteiger partial charge in [0.1, 0.15) is 19.0 Å². The Labute approximate surface area is 195 Å². The van der Waals surface area contributed by atoms with Crippen LogP contribution in [0.4, 0.5) is 4.39 Å². The molecule has 3 aliphatic heterocycles. The van der Waals surface area contributed by atoms with E-state index in [4.69, 9.17) is 9.47 Å². The van der Waals surface area contributed by atoms with E-state index in [1.165, 1.54) is 16.7 Å². The van der Waals surface area contributed by atoms with E-state index in [0.29, 0.717) is 67.0 Å². The van der Waals surface area contributed by atoms with Crippen molar-refractivity contribution in [2.24, 2.45) is 0 Å². The van der Waals surface area contributed by atoms with E-state index in [-0.39, 0.29) is 17.5 Å². The Balaban J connectivity index is 1.07. The van der Waals surface area contributed by atoms with Crippen LogP contribution in [0.3, 0.4) is 0 Å². The zero-order chi connectivity index (χ0) is 23.2. The van der Waals surface area contributed by atoms with Crippen LogP contribution in [-0.4, -0.2) is 58.4 Å². The molecule has 3 aliphatic rings. The summed E-state index contributed by atoms with van der Waals surface area (Å²) >= 11 is 0. The van der Waals surface area contributed by atoms with Gasteiger partial charge >= 0.3 is 0 Å². The summed E-state index contributed by atoms with van der Waals surface area (Å²) in [5.74, 6) is 0.588. The monoisotopic (exact) mass is 466 g/mol. The van der Waals surface area contributed by atoms with E-state index < -0.39 is 5.56 Å². The van der Waals surface area contributed by atoms with E-state index in [9.17, 15) is 14.3 Å². The molecule has 0 bridgehead atoms. The lowest BCUT2D eigenvalue weighted by Gasteiger charge is -2.34. The summed E-state index contributed by atoms with van der Waals surface area (Å²) in [7, 11) is 0. The minimum atomic E-state index is -0.446. The molecule has 5 heterocycles. The van der Waals surface area contributed by atoms with Crippen molar-refractivity contribution in [2.75, 3.05) is 32.8 Å². The third kappa shape index (κ3) is 3.78. The summed E-state index contributed by atoms with van der Waals surface area (Å²) in [5, 5.41) is 14.3. The molecule has 0 amide bonds. The maximum atomic E-state index is 14.8. The molecule has 1 atom stereocenters. The van der Waals surface area contributed by atoms with Crippen LogP contribution in [0.1, 0.15) is 29.9 Å². The first kappa shape index (κ1) is 21.4.